The second kappa shape index (κ2) is 9.19. The summed E-state index contributed by atoms with van der Waals surface area (Å²) in [6.07, 6.45) is -1.83. The lowest BCUT2D eigenvalue weighted by atomic mass is 10.1. The van der Waals surface area contributed by atoms with E-state index < -0.39 is 11.1 Å². The van der Waals surface area contributed by atoms with E-state index in [2.05, 4.69) is 0 Å². The van der Waals surface area contributed by atoms with Gasteiger partial charge in [-0.15, -0.1) is 23.7 Å². The van der Waals surface area contributed by atoms with Crippen LogP contribution in [0.1, 0.15) is 33.8 Å². The van der Waals surface area contributed by atoms with Crippen LogP contribution >= 0.6 is 23.7 Å². The van der Waals surface area contributed by atoms with Gasteiger partial charge in [-0.2, -0.15) is 13.2 Å². The molecule has 27 heavy (non-hydrogen) atoms. The molecule has 2 heterocycles. The lowest BCUT2D eigenvalue weighted by Crippen LogP contribution is -2.43. The summed E-state index contributed by atoms with van der Waals surface area (Å²) >= 11 is 0.525. The highest BCUT2D eigenvalue weighted by Crippen LogP contribution is 2.43. The average Bonchev–Trinajstić information content (AvgIpc) is 3.09. The lowest BCUT2D eigenvalue weighted by Gasteiger charge is -2.33. The Labute approximate surface area is 166 Å². The largest absolute Gasteiger partial charge is 0.426 e. The number of piperidine rings is 1. The topological polar surface area (TPSA) is 29.5 Å². The molecule has 3 rings (SSSR count). The van der Waals surface area contributed by atoms with Gasteiger partial charge in [0.05, 0.1) is 11.4 Å². The minimum Gasteiger partial charge on any atom is -0.366 e. The fourth-order valence-corrected chi connectivity index (χ4v) is 4.22. The number of rotatable bonds is 5. The molecule has 3 nitrogen and oxygen atoms in total. The molecule has 0 saturated carbocycles. The van der Waals surface area contributed by atoms with E-state index in [1.165, 1.54) is 6.07 Å². The molecule has 1 saturated heterocycles. The Kier molecular flexibility index (Phi) is 7.45. The first-order chi connectivity index (χ1) is 12.4. The van der Waals surface area contributed by atoms with Gasteiger partial charge >= 0.3 is 6.18 Å². The van der Waals surface area contributed by atoms with Crippen molar-refractivity contribution in [2.45, 2.75) is 31.7 Å². The van der Waals surface area contributed by atoms with Gasteiger partial charge in [0.2, 0.25) is 0 Å². The predicted molar refractivity (Wildman–Crippen MR) is 103 cm³/mol. The molecule has 1 fully saturated rings. The number of carbonyl (C=O) groups excluding carboxylic acids is 1. The quantitative estimate of drug-likeness (QED) is 0.599. The van der Waals surface area contributed by atoms with E-state index >= 15 is 0 Å². The number of ketones is 1. The summed E-state index contributed by atoms with van der Waals surface area (Å²) in [5.74, 6) is -0.299. The molecule has 148 valence electrons. The number of likely N-dealkylation sites (tertiary alicyclic amines) is 1. The molecule has 8 heteroatoms. The SMILES string of the molecule is COC1CCCCN1CC(=O)c1cc(-c2ccccc2)c(C(F)(F)F)s1.Cl. The van der Waals surface area contributed by atoms with Crippen molar-refractivity contribution in [2.75, 3.05) is 20.2 Å². The van der Waals surface area contributed by atoms with Crippen molar-refractivity contribution in [1.29, 1.82) is 0 Å². The zero-order valence-electron chi connectivity index (χ0n) is 14.8. The van der Waals surface area contributed by atoms with Crippen LogP contribution in [0.5, 0.6) is 0 Å². The van der Waals surface area contributed by atoms with Gasteiger partial charge in [-0.3, -0.25) is 9.69 Å². The van der Waals surface area contributed by atoms with Crippen molar-refractivity contribution < 1.29 is 22.7 Å². The van der Waals surface area contributed by atoms with E-state index in [9.17, 15) is 18.0 Å². The van der Waals surface area contributed by atoms with Crippen molar-refractivity contribution in [1.82, 2.24) is 4.90 Å². The Morgan fingerprint density at radius 1 is 1.26 bits per heavy atom. The zero-order chi connectivity index (χ0) is 18.7. The number of carbonyl (C=O) groups is 1. The van der Waals surface area contributed by atoms with E-state index in [-0.39, 0.29) is 41.4 Å². The molecule has 0 aliphatic carbocycles. The van der Waals surface area contributed by atoms with Gasteiger partial charge in [0, 0.05) is 19.2 Å². The third kappa shape index (κ3) is 5.10. The highest BCUT2D eigenvalue weighted by molar-refractivity contribution is 7.14. The summed E-state index contributed by atoms with van der Waals surface area (Å²) in [5, 5.41) is 0. The molecule has 0 amide bonds. The summed E-state index contributed by atoms with van der Waals surface area (Å²) in [6, 6.07) is 9.73. The van der Waals surface area contributed by atoms with Crippen LogP contribution in [-0.2, 0) is 10.9 Å². The van der Waals surface area contributed by atoms with Crippen molar-refractivity contribution in [3.05, 3.63) is 46.2 Å². The Balaban J connectivity index is 0.00000261. The minimum absolute atomic E-state index is 0. The summed E-state index contributed by atoms with van der Waals surface area (Å²) in [4.78, 5) is 14.0. The van der Waals surface area contributed by atoms with Gasteiger partial charge < -0.3 is 4.74 Å². The van der Waals surface area contributed by atoms with Crippen LogP contribution in [0, 0.1) is 0 Å². The van der Waals surface area contributed by atoms with Crippen molar-refractivity contribution >= 4 is 29.5 Å². The van der Waals surface area contributed by atoms with Gasteiger partial charge in [0.25, 0.3) is 0 Å². The number of Topliss-reactive ketones (excluding diaryl/α,β-unsaturated/α-hetero) is 1. The first-order valence-electron chi connectivity index (χ1n) is 8.46. The fourth-order valence-electron chi connectivity index (χ4n) is 3.24. The Hall–Kier alpha value is -1.41. The normalized spacial score (nSPS) is 18.1. The zero-order valence-corrected chi connectivity index (χ0v) is 16.4. The first kappa shape index (κ1) is 21.9. The molecule has 0 bridgehead atoms. The smallest absolute Gasteiger partial charge is 0.366 e. The molecule has 0 N–H and O–H groups in total. The third-order valence-corrected chi connectivity index (χ3v) is 5.74. The van der Waals surface area contributed by atoms with Crippen LogP contribution in [0.25, 0.3) is 11.1 Å². The molecular weight excluding hydrogens is 399 g/mol. The summed E-state index contributed by atoms with van der Waals surface area (Å²) in [7, 11) is 1.59. The number of ether oxygens (including phenoxy) is 1. The fraction of sp³-hybridized carbons (Fsp3) is 0.421. The highest BCUT2D eigenvalue weighted by Gasteiger charge is 2.37. The number of halogens is 4. The second-order valence-corrected chi connectivity index (χ2v) is 7.35. The predicted octanol–water partition coefficient (Wildman–Crippen LogP) is 5.50. The van der Waals surface area contributed by atoms with E-state index in [0.717, 1.165) is 19.3 Å². The molecule has 1 aromatic carbocycles. The number of hydrogen-bond acceptors (Lipinski definition) is 4. The third-order valence-electron chi connectivity index (χ3n) is 4.52. The number of alkyl halides is 3. The van der Waals surface area contributed by atoms with Crippen molar-refractivity contribution in [2.24, 2.45) is 0 Å². The molecule has 1 unspecified atom stereocenters. The van der Waals surface area contributed by atoms with Crippen LogP contribution in [0.4, 0.5) is 13.2 Å². The minimum atomic E-state index is -4.49. The molecule has 2 aromatic rings. The molecule has 1 atom stereocenters. The van der Waals surface area contributed by atoms with E-state index in [0.29, 0.717) is 23.4 Å². The molecule has 0 radical (unpaired) electrons. The monoisotopic (exact) mass is 419 g/mol. The van der Waals surface area contributed by atoms with Crippen molar-refractivity contribution in [3.8, 4) is 11.1 Å². The molecule has 1 aliphatic rings. The number of benzene rings is 1. The maximum absolute atomic E-state index is 13.5. The molecular formula is C19H21ClF3NO2S. The maximum atomic E-state index is 13.5. The van der Waals surface area contributed by atoms with Crippen LogP contribution in [-0.4, -0.2) is 37.1 Å². The van der Waals surface area contributed by atoms with E-state index in [1.807, 2.05) is 4.90 Å². The standard InChI is InChI=1S/C19H20F3NO2S.ClH/c1-25-17-9-5-6-10-23(17)12-15(24)16-11-14(13-7-3-2-4-8-13)18(26-16)19(20,21)22;/h2-4,7-8,11,17H,5-6,9-10,12H2,1H3;1H. The average molecular weight is 420 g/mol. The summed E-state index contributed by atoms with van der Waals surface area (Å²) in [6.45, 7) is 0.790. The number of nitrogens with zero attached hydrogens (tertiary/aromatic N) is 1. The Bertz CT molecular complexity index is 764. The van der Waals surface area contributed by atoms with Gasteiger partial charge in [0.1, 0.15) is 11.1 Å². The molecule has 1 aliphatic heterocycles. The van der Waals surface area contributed by atoms with Gasteiger partial charge in [-0.05, 0) is 30.9 Å². The molecule has 1 aromatic heterocycles. The summed E-state index contributed by atoms with van der Waals surface area (Å²) in [5.41, 5.74) is 0.524. The van der Waals surface area contributed by atoms with Crippen molar-refractivity contribution in [3.63, 3.8) is 0 Å². The first-order valence-corrected chi connectivity index (χ1v) is 9.28. The number of thiophene rings is 1. The van der Waals surface area contributed by atoms with Gasteiger partial charge in [0.15, 0.2) is 5.78 Å². The Morgan fingerprint density at radius 2 is 1.96 bits per heavy atom. The van der Waals surface area contributed by atoms with Gasteiger partial charge in [-0.25, -0.2) is 0 Å². The van der Waals surface area contributed by atoms with Crippen LogP contribution in [0.15, 0.2) is 36.4 Å². The van der Waals surface area contributed by atoms with Crippen LogP contribution < -0.4 is 0 Å². The maximum Gasteiger partial charge on any atom is 0.426 e. The number of methoxy groups -OCH3 is 1. The number of hydrogen-bond donors (Lipinski definition) is 0. The summed E-state index contributed by atoms with van der Waals surface area (Å²) < 4.78 is 45.8. The second-order valence-electron chi connectivity index (χ2n) is 6.30. The van der Waals surface area contributed by atoms with Crippen LogP contribution in [0.2, 0.25) is 0 Å². The Morgan fingerprint density at radius 3 is 2.59 bits per heavy atom. The van der Waals surface area contributed by atoms with Crippen LogP contribution in [0.3, 0.4) is 0 Å². The van der Waals surface area contributed by atoms with E-state index in [4.69, 9.17) is 4.74 Å². The lowest BCUT2D eigenvalue weighted by molar-refractivity contribution is -0.133. The molecule has 0 spiro atoms. The van der Waals surface area contributed by atoms with E-state index in [1.54, 1.807) is 37.4 Å². The van der Waals surface area contributed by atoms with Gasteiger partial charge in [-0.1, -0.05) is 30.3 Å². The highest BCUT2D eigenvalue weighted by atomic mass is 35.5.